The smallest absolute Gasteiger partial charge is 0.337 e. The Morgan fingerprint density at radius 2 is 2.22 bits per heavy atom. The van der Waals surface area contributed by atoms with Gasteiger partial charge in [0.15, 0.2) is 0 Å². The highest BCUT2D eigenvalue weighted by atomic mass is 35.5. The summed E-state index contributed by atoms with van der Waals surface area (Å²) in [6, 6.07) is 4.75. The molecule has 0 aromatic heterocycles. The molecule has 1 rings (SSSR count). The van der Waals surface area contributed by atoms with Crippen molar-refractivity contribution in [3.8, 4) is 0 Å². The van der Waals surface area contributed by atoms with Crippen LogP contribution in [0.25, 0.3) is 0 Å². The Hall–Kier alpha value is -1.07. The average molecular weight is 290 g/mol. The van der Waals surface area contributed by atoms with Crippen molar-refractivity contribution in [2.24, 2.45) is 0 Å². The Labute approximate surface area is 114 Å². The molecule has 0 amide bonds. The molecule has 100 valence electrons. The second kappa shape index (κ2) is 6.75. The third-order valence-electron chi connectivity index (χ3n) is 2.45. The second-order valence-electron chi connectivity index (χ2n) is 4.11. The third-order valence-corrected chi connectivity index (χ3v) is 3.50. The number of benzene rings is 1. The fourth-order valence-electron chi connectivity index (χ4n) is 1.50. The highest BCUT2D eigenvalue weighted by Gasteiger charge is 2.12. The van der Waals surface area contributed by atoms with Gasteiger partial charge in [-0.05, 0) is 31.5 Å². The molecule has 0 fully saturated rings. The summed E-state index contributed by atoms with van der Waals surface area (Å²) in [6.07, 6.45) is 2.36. The Morgan fingerprint density at radius 1 is 1.56 bits per heavy atom. The van der Waals surface area contributed by atoms with Crippen LogP contribution >= 0.6 is 11.6 Å². The second-order valence-corrected chi connectivity index (χ2v) is 6.10. The van der Waals surface area contributed by atoms with E-state index in [0.717, 1.165) is 0 Å². The lowest BCUT2D eigenvalue weighted by molar-refractivity contribution is 0.0698. The number of carboxylic acid groups (broad SMARTS) is 1. The first kappa shape index (κ1) is 15.0. The predicted molar refractivity (Wildman–Crippen MR) is 75.0 cm³/mol. The van der Waals surface area contributed by atoms with E-state index in [1.165, 1.54) is 6.07 Å². The zero-order chi connectivity index (χ0) is 13.7. The van der Waals surface area contributed by atoms with E-state index in [2.05, 4.69) is 5.32 Å². The highest BCUT2D eigenvalue weighted by Crippen LogP contribution is 2.21. The summed E-state index contributed by atoms with van der Waals surface area (Å²) in [6.45, 7) is 1.92. The van der Waals surface area contributed by atoms with Crippen LogP contribution in [0.2, 0.25) is 5.02 Å². The minimum Gasteiger partial charge on any atom is -0.478 e. The van der Waals surface area contributed by atoms with Crippen molar-refractivity contribution in [1.29, 1.82) is 0 Å². The largest absolute Gasteiger partial charge is 0.478 e. The summed E-state index contributed by atoms with van der Waals surface area (Å²) in [5.74, 6) is -0.435. The van der Waals surface area contributed by atoms with Crippen molar-refractivity contribution in [2.75, 3.05) is 17.3 Å². The van der Waals surface area contributed by atoms with Gasteiger partial charge in [-0.25, -0.2) is 4.79 Å². The van der Waals surface area contributed by atoms with Crippen LogP contribution in [0.3, 0.4) is 0 Å². The SMILES string of the molecule is CC(CCS(C)=O)Nc1ccc(Cl)cc1C(=O)O. The summed E-state index contributed by atoms with van der Waals surface area (Å²) in [5.41, 5.74) is 0.674. The van der Waals surface area contributed by atoms with Gasteiger partial charge >= 0.3 is 5.97 Å². The molecule has 0 aliphatic carbocycles. The van der Waals surface area contributed by atoms with Crippen molar-refractivity contribution >= 4 is 34.1 Å². The molecule has 0 saturated heterocycles. The van der Waals surface area contributed by atoms with Crippen LogP contribution in [0.1, 0.15) is 23.7 Å². The normalized spacial score (nSPS) is 13.9. The van der Waals surface area contributed by atoms with E-state index >= 15 is 0 Å². The lowest BCUT2D eigenvalue weighted by atomic mass is 10.1. The average Bonchev–Trinajstić information content (AvgIpc) is 2.28. The van der Waals surface area contributed by atoms with Gasteiger partial charge in [0.2, 0.25) is 0 Å². The molecule has 0 heterocycles. The lowest BCUT2D eigenvalue weighted by Crippen LogP contribution is -2.19. The zero-order valence-electron chi connectivity index (χ0n) is 10.3. The number of nitrogens with one attached hydrogen (secondary N) is 1. The summed E-state index contributed by atoms with van der Waals surface area (Å²) in [5, 5.41) is 12.6. The Balaban J connectivity index is 2.77. The van der Waals surface area contributed by atoms with Gasteiger partial charge in [-0.1, -0.05) is 11.6 Å². The maximum Gasteiger partial charge on any atom is 0.337 e. The first-order valence-corrected chi connectivity index (χ1v) is 7.60. The molecule has 1 aromatic carbocycles. The van der Waals surface area contributed by atoms with Crippen LogP contribution in [0, 0.1) is 0 Å². The van der Waals surface area contributed by atoms with E-state index in [9.17, 15) is 9.00 Å². The van der Waals surface area contributed by atoms with Crippen LogP contribution < -0.4 is 5.32 Å². The van der Waals surface area contributed by atoms with Gasteiger partial charge in [-0.3, -0.25) is 4.21 Å². The molecule has 6 heteroatoms. The van der Waals surface area contributed by atoms with Crippen molar-refractivity contribution in [3.05, 3.63) is 28.8 Å². The number of anilines is 1. The van der Waals surface area contributed by atoms with Gasteiger partial charge in [0.1, 0.15) is 0 Å². The molecule has 0 radical (unpaired) electrons. The minimum absolute atomic E-state index is 0.0492. The van der Waals surface area contributed by atoms with Crippen molar-refractivity contribution in [1.82, 2.24) is 0 Å². The molecule has 0 spiro atoms. The fraction of sp³-hybridized carbons (Fsp3) is 0.417. The third kappa shape index (κ3) is 4.66. The van der Waals surface area contributed by atoms with E-state index in [4.69, 9.17) is 16.7 Å². The molecule has 0 aliphatic rings. The topological polar surface area (TPSA) is 66.4 Å². The Morgan fingerprint density at radius 3 is 2.78 bits per heavy atom. The maximum absolute atomic E-state index is 11.1. The molecule has 2 unspecified atom stereocenters. The summed E-state index contributed by atoms with van der Waals surface area (Å²) < 4.78 is 11.0. The van der Waals surface area contributed by atoms with Gasteiger partial charge in [-0.2, -0.15) is 0 Å². The van der Waals surface area contributed by atoms with Crippen LogP contribution in [0.15, 0.2) is 18.2 Å². The molecule has 2 N–H and O–H groups in total. The molecule has 4 nitrogen and oxygen atoms in total. The van der Waals surface area contributed by atoms with Crippen molar-refractivity contribution in [3.63, 3.8) is 0 Å². The number of rotatable bonds is 6. The first-order valence-electron chi connectivity index (χ1n) is 5.49. The number of aromatic carboxylic acids is 1. The predicted octanol–water partition coefficient (Wildman–Crippen LogP) is 2.61. The standard InChI is InChI=1S/C12H16ClNO3S/c1-8(5-6-18(2)17)14-11-4-3-9(13)7-10(11)12(15)16/h3-4,7-8,14H,5-6H2,1-2H3,(H,15,16). The van der Waals surface area contributed by atoms with Crippen LogP contribution in [-0.4, -0.2) is 33.3 Å². The van der Waals surface area contributed by atoms with Gasteiger partial charge < -0.3 is 10.4 Å². The van der Waals surface area contributed by atoms with Gasteiger partial charge in [0.25, 0.3) is 0 Å². The number of halogens is 1. The van der Waals surface area contributed by atoms with Crippen LogP contribution in [0.5, 0.6) is 0 Å². The van der Waals surface area contributed by atoms with Crippen LogP contribution in [0.4, 0.5) is 5.69 Å². The van der Waals surface area contributed by atoms with Gasteiger partial charge in [0.05, 0.1) is 5.56 Å². The number of hydrogen-bond donors (Lipinski definition) is 2. The molecule has 0 saturated carbocycles. The van der Waals surface area contributed by atoms with Crippen LogP contribution in [-0.2, 0) is 10.8 Å². The number of carbonyl (C=O) groups is 1. The quantitative estimate of drug-likeness (QED) is 0.845. The molecular weight excluding hydrogens is 274 g/mol. The molecular formula is C12H16ClNO3S. The monoisotopic (exact) mass is 289 g/mol. The molecule has 1 aromatic rings. The highest BCUT2D eigenvalue weighted by molar-refractivity contribution is 7.84. The van der Waals surface area contributed by atoms with Gasteiger partial charge in [-0.15, -0.1) is 0 Å². The van der Waals surface area contributed by atoms with Crippen molar-refractivity contribution < 1.29 is 14.1 Å². The lowest BCUT2D eigenvalue weighted by Gasteiger charge is -2.16. The molecule has 0 aliphatic heterocycles. The van der Waals surface area contributed by atoms with Crippen molar-refractivity contribution in [2.45, 2.75) is 19.4 Å². The Kier molecular flexibility index (Phi) is 5.62. The maximum atomic E-state index is 11.1. The summed E-state index contributed by atoms with van der Waals surface area (Å²) in [7, 11) is -0.839. The first-order chi connectivity index (χ1) is 8.40. The molecule has 18 heavy (non-hydrogen) atoms. The molecule has 2 atom stereocenters. The Bertz CT molecular complexity index is 465. The summed E-state index contributed by atoms with van der Waals surface area (Å²) >= 11 is 5.77. The van der Waals surface area contributed by atoms with E-state index in [-0.39, 0.29) is 11.6 Å². The molecule has 0 bridgehead atoms. The van der Waals surface area contributed by atoms with Gasteiger partial charge in [0, 0.05) is 39.6 Å². The number of hydrogen-bond acceptors (Lipinski definition) is 3. The zero-order valence-corrected chi connectivity index (χ0v) is 11.8. The van der Waals surface area contributed by atoms with E-state index in [0.29, 0.717) is 22.9 Å². The number of carboxylic acids is 1. The van der Waals surface area contributed by atoms with E-state index in [1.807, 2.05) is 6.92 Å². The minimum atomic E-state index is -1.02. The summed E-state index contributed by atoms with van der Waals surface area (Å²) in [4.78, 5) is 11.1. The fourth-order valence-corrected chi connectivity index (χ4v) is 2.36. The van der Waals surface area contributed by atoms with E-state index in [1.54, 1.807) is 18.4 Å². The van der Waals surface area contributed by atoms with E-state index < -0.39 is 16.8 Å².